The molecule has 0 aliphatic carbocycles. The number of hydrogen-bond acceptors (Lipinski definition) is 4. The minimum Gasteiger partial charge on any atom is -0.480 e. The van der Waals surface area contributed by atoms with E-state index in [0.717, 1.165) is 19.4 Å². The molecular formula is C10H17N3O4. The standard InChI is InChI=1S/C10H17N3O4/c11-8(14)4-7(10(16)17)13-9(15)6-2-1-3-12-5-6/h6-7,12H,1-5H2,(H2,11,14)(H,13,15)(H,16,17)/t6-,7-/m0/s1. The topological polar surface area (TPSA) is 122 Å². The third-order valence-corrected chi connectivity index (χ3v) is 2.69. The van der Waals surface area contributed by atoms with Gasteiger partial charge in [-0.3, -0.25) is 9.59 Å². The van der Waals surface area contributed by atoms with Gasteiger partial charge in [0.25, 0.3) is 0 Å². The lowest BCUT2D eigenvalue weighted by molar-refractivity contribution is -0.144. The maximum absolute atomic E-state index is 11.7. The highest BCUT2D eigenvalue weighted by atomic mass is 16.4. The predicted octanol–water partition coefficient (Wildman–Crippen LogP) is -1.57. The first-order chi connectivity index (χ1) is 8.00. The summed E-state index contributed by atoms with van der Waals surface area (Å²) in [5.41, 5.74) is 4.92. The van der Waals surface area contributed by atoms with Gasteiger partial charge >= 0.3 is 5.97 Å². The number of carboxylic acid groups (broad SMARTS) is 1. The van der Waals surface area contributed by atoms with Crippen LogP contribution in [0.1, 0.15) is 19.3 Å². The molecule has 2 atom stereocenters. The summed E-state index contributed by atoms with van der Waals surface area (Å²) in [5.74, 6) is -2.58. The van der Waals surface area contributed by atoms with E-state index in [1.807, 2.05) is 0 Å². The first-order valence-corrected chi connectivity index (χ1v) is 5.53. The van der Waals surface area contributed by atoms with E-state index in [2.05, 4.69) is 10.6 Å². The molecule has 0 bridgehead atoms. The Kier molecular flexibility index (Phi) is 4.89. The Balaban J connectivity index is 2.50. The van der Waals surface area contributed by atoms with Gasteiger partial charge in [-0.05, 0) is 19.4 Å². The summed E-state index contributed by atoms with van der Waals surface area (Å²) < 4.78 is 0. The molecule has 1 rings (SSSR count). The third-order valence-electron chi connectivity index (χ3n) is 2.69. The summed E-state index contributed by atoms with van der Waals surface area (Å²) in [6.45, 7) is 1.40. The van der Waals surface area contributed by atoms with Crippen LogP contribution in [0.25, 0.3) is 0 Å². The molecule has 0 unspecified atom stereocenters. The van der Waals surface area contributed by atoms with Crippen LogP contribution in [0, 0.1) is 5.92 Å². The van der Waals surface area contributed by atoms with E-state index in [9.17, 15) is 14.4 Å². The van der Waals surface area contributed by atoms with Crippen LogP contribution in [0.5, 0.6) is 0 Å². The van der Waals surface area contributed by atoms with Crippen LogP contribution in [0.3, 0.4) is 0 Å². The second-order valence-electron chi connectivity index (χ2n) is 4.11. The van der Waals surface area contributed by atoms with Crippen LogP contribution < -0.4 is 16.4 Å². The Morgan fingerprint density at radius 1 is 1.47 bits per heavy atom. The fourth-order valence-electron chi connectivity index (χ4n) is 1.77. The van der Waals surface area contributed by atoms with Crippen molar-refractivity contribution in [2.24, 2.45) is 11.7 Å². The molecule has 96 valence electrons. The monoisotopic (exact) mass is 243 g/mol. The number of carboxylic acids is 1. The van der Waals surface area contributed by atoms with Gasteiger partial charge < -0.3 is 21.5 Å². The van der Waals surface area contributed by atoms with E-state index >= 15 is 0 Å². The zero-order valence-corrected chi connectivity index (χ0v) is 9.44. The minimum absolute atomic E-state index is 0.238. The first-order valence-electron chi connectivity index (χ1n) is 5.53. The molecular weight excluding hydrogens is 226 g/mol. The highest BCUT2D eigenvalue weighted by Gasteiger charge is 2.27. The van der Waals surface area contributed by atoms with Crippen LogP contribution in [0.4, 0.5) is 0 Å². The molecule has 1 heterocycles. The van der Waals surface area contributed by atoms with E-state index in [-0.39, 0.29) is 18.2 Å². The van der Waals surface area contributed by atoms with Gasteiger partial charge in [0.05, 0.1) is 12.3 Å². The van der Waals surface area contributed by atoms with Crippen molar-refractivity contribution in [3.05, 3.63) is 0 Å². The number of carbonyl (C=O) groups is 3. The van der Waals surface area contributed by atoms with Gasteiger partial charge in [0, 0.05) is 6.54 Å². The number of piperidine rings is 1. The summed E-state index contributed by atoms with van der Waals surface area (Å²) in [6, 6.07) is -1.23. The molecule has 0 saturated carbocycles. The average molecular weight is 243 g/mol. The van der Waals surface area contributed by atoms with Gasteiger partial charge in [0.2, 0.25) is 11.8 Å². The van der Waals surface area contributed by atoms with Gasteiger partial charge in [0.15, 0.2) is 0 Å². The number of aliphatic carboxylic acids is 1. The summed E-state index contributed by atoms with van der Waals surface area (Å²) in [5, 5.41) is 14.2. The second kappa shape index (κ2) is 6.19. The number of rotatable bonds is 5. The van der Waals surface area contributed by atoms with Crippen molar-refractivity contribution in [3.8, 4) is 0 Å². The van der Waals surface area contributed by atoms with E-state index in [1.54, 1.807) is 0 Å². The number of nitrogens with two attached hydrogens (primary N) is 1. The molecule has 1 aliphatic heterocycles. The Labute approximate surface area is 98.7 Å². The lowest BCUT2D eigenvalue weighted by Crippen LogP contribution is -2.48. The second-order valence-corrected chi connectivity index (χ2v) is 4.11. The smallest absolute Gasteiger partial charge is 0.326 e. The third kappa shape index (κ3) is 4.39. The SMILES string of the molecule is NC(=O)C[C@H](NC(=O)[C@H]1CCCNC1)C(=O)O. The predicted molar refractivity (Wildman–Crippen MR) is 59.0 cm³/mol. The lowest BCUT2D eigenvalue weighted by atomic mass is 9.98. The van der Waals surface area contributed by atoms with Crippen molar-refractivity contribution < 1.29 is 19.5 Å². The number of carbonyl (C=O) groups excluding carboxylic acids is 2. The van der Waals surface area contributed by atoms with Gasteiger partial charge in [-0.15, -0.1) is 0 Å². The number of nitrogens with one attached hydrogen (secondary N) is 2. The zero-order valence-electron chi connectivity index (χ0n) is 9.44. The maximum Gasteiger partial charge on any atom is 0.326 e. The Hall–Kier alpha value is -1.63. The van der Waals surface area contributed by atoms with Crippen molar-refractivity contribution >= 4 is 17.8 Å². The maximum atomic E-state index is 11.7. The van der Waals surface area contributed by atoms with Crippen LogP contribution in [0.2, 0.25) is 0 Å². The van der Waals surface area contributed by atoms with Crippen LogP contribution in [0.15, 0.2) is 0 Å². The fourth-order valence-corrected chi connectivity index (χ4v) is 1.77. The molecule has 0 radical (unpaired) electrons. The highest BCUT2D eigenvalue weighted by molar-refractivity contribution is 5.89. The summed E-state index contributed by atoms with van der Waals surface area (Å²) in [7, 11) is 0. The van der Waals surface area contributed by atoms with Crippen molar-refractivity contribution in [1.29, 1.82) is 0 Å². The van der Waals surface area contributed by atoms with Crippen molar-refractivity contribution in [1.82, 2.24) is 10.6 Å². The Morgan fingerprint density at radius 3 is 2.65 bits per heavy atom. The lowest BCUT2D eigenvalue weighted by Gasteiger charge is -2.23. The summed E-state index contributed by atoms with van der Waals surface area (Å²) >= 11 is 0. The van der Waals surface area contributed by atoms with Crippen molar-refractivity contribution in [2.45, 2.75) is 25.3 Å². The molecule has 0 aromatic carbocycles. The molecule has 0 aromatic heterocycles. The van der Waals surface area contributed by atoms with Crippen molar-refractivity contribution in [2.75, 3.05) is 13.1 Å². The number of primary amides is 1. The molecule has 1 fully saturated rings. The van der Waals surface area contributed by atoms with Crippen LogP contribution in [-0.2, 0) is 14.4 Å². The quantitative estimate of drug-likeness (QED) is 0.465. The van der Waals surface area contributed by atoms with Gasteiger partial charge in [0.1, 0.15) is 6.04 Å². The minimum atomic E-state index is -1.25. The molecule has 1 saturated heterocycles. The van der Waals surface area contributed by atoms with E-state index in [0.29, 0.717) is 6.54 Å². The van der Waals surface area contributed by atoms with Crippen molar-refractivity contribution in [3.63, 3.8) is 0 Å². The Bertz CT molecular complexity index is 313. The van der Waals surface area contributed by atoms with E-state index in [1.165, 1.54) is 0 Å². The summed E-state index contributed by atoms with van der Waals surface area (Å²) in [4.78, 5) is 33.2. The average Bonchev–Trinajstić information content (AvgIpc) is 2.28. The Morgan fingerprint density at radius 2 is 2.18 bits per heavy atom. The largest absolute Gasteiger partial charge is 0.480 e. The molecule has 5 N–H and O–H groups in total. The number of hydrogen-bond donors (Lipinski definition) is 4. The molecule has 0 spiro atoms. The molecule has 7 nitrogen and oxygen atoms in total. The number of amides is 2. The normalized spacial score (nSPS) is 21.5. The van der Waals surface area contributed by atoms with Gasteiger partial charge in [-0.2, -0.15) is 0 Å². The molecule has 17 heavy (non-hydrogen) atoms. The van der Waals surface area contributed by atoms with Gasteiger partial charge in [-0.1, -0.05) is 0 Å². The highest BCUT2D eigenvalue weighted by Crippen LogP contribution is 2.10. The van der Waals surface area contributed by atoms with Crippen LogP contribution in [-0.4, -0.2) is 42.0 Å². The molecule has 2 amide bonds. The fraction of sp³-hybridized carbons (Fsp3) is 0.700. The summed E-state index contributed by atoms with van der Waals surface area (Å²) in [6.07, 6.45) is 1.22. The molecule has 0 aromatic rings. The van der Waals surface area contributed by atoms with E-state index < -0.39 is 17.9 Å². The van der Waals surface area contributed by atoms with Crippen LogP contribution >= 0.6 is 0 Å². The molecule has 7 heteroatoms. The zero-order chi connectivity index (χ0) is 12.8. The first kappa shape index (κ1) is 13.4. The molecule has 1 aliphatic rings. The van der Waals surface area contributed by atoms with Gasteiger partial charge in [-0.25, -0.2) is 4.79 Å². The van der Waals surface area contributed by atoms with E-state index in [4.69, 9.17) is 10.8 Å².